The molecule has 0 saturated carbocycles. The van der Waals surface area contributed by atoms with Crippen molar-refractivity contribution in [2.24, 2.45) is 5.92 Å². The van der Waals surface area contributed by atoms with Crippen LogP contribution in [0.5, 0.6) is 0 Å². The predicted molar refractivity (Wildman–Crippen MR) is 70.3 cm³/mol. The molecule has 86 valence electrons. The van der Waals surface area contributed by atoms with E-state index in [1.807, 2.05) is 13.8 Å². The van der Waals surface area contributed by atoms with E-state index in [1.54, 1.807) is 0 Å². The zero-order valence-corrected chi connectivity index (χ0v) is 11.0. The van der Waals surface area contributed by atoms with Gasteiger partial charge in [0.2, 0.25) is 0 Å². The summed E-state index contributed by atoms with van der Waals surface area (Å²) in [7, 11) is 0. The van der Waals surface area contributed by atoms with Crippen molar-refractivity contribution in [1.29, 1.82) is 0 Å². The second kappa shape index (κ2) is 8.52. The topological polar surface area (TPSA) is 0 Å². The fourth-order valence-electron chi connectivity index (χ4n) is 1.53. The third kappa shape index (κ3) is 6.33. The molecular formula is C15H26. The van der Waals surface area contributed by atoms with E-state index in [9.17, 15) is 0 Å². The molecule has 0 aliphatic heterocycles. The highest BCUT2D eigenvalue weighted by molar-refractivity contribution is 5.18. The van der Waals surface area contributed by atoms with E-state index in [2.05, 4.69) is 51.1 Å². The number of hydrogen-bond donors (Lipinski definition) is 0. The van der Waals surface area contributed by atoms with Crippen LogP contribution in [0, 0.1) is 5.92 Å². The lowest BCUT2D eigenvalue weighted by atomic mass is 9.93. The summed E-state index contributed by atoms with van der Waals surface area (Å²) < 4.78 is 0. The average molecular weight is 206 g/mol. The first kappa shape index (κ1) is 14.2. The van der Waals surface area contributed by atoms with E-state index >= 15 is 0 Å². The average Bonchev–Trinajstić information content (AvgIpc) is 2.30. The van der Waals surface area contributed by atoms with Crippen LogP contribution in [0.15, 0.2) is 30.3 Å². The first-order valence-electron chi connectivity index (χ1n) is 6.25. The van der Waals surface area contributed by atoms with Gasteiger partial charge in [-0.25, -0.2) is 0 Å². The molecule has 15 heavy (non-hydrogen) atoms. The highest BCUT2D eigenvalue weighted by Gasteiger charge is 2.05. The zero-order chi connectivity index (χ0) is 11.7. The first-order chi connectivity index (χ1) is 7.20. The summed E-state index contributed by atoms with van der Waals surface area (Å²) in [5.41, 5.74) is 1.48. The normalized spacial score (nSPS) is 11.9. The van der Waals surface area contributed by atoms with Crippen molar-refractivity contribution >= 4 is 0 Å². The van der Waals surface area contributed by atoms with Gasteiger partial charge in [-0.05, 0) is 23.8 Å². The summed E-state index contributed by atoms with van der Waals surface area (Å²) in [4.78, 5) is 0. The van der Waals surface area contributed by atoms with E-state index in [0.29, 0.717) is 5.92 Å². The van der Waals surface area contributed by atoms with Crippen LogP contribution in [0.2, 0.25) is 0 Å². The maximum Gasteiger partial charge on any atom is -0.0190 e. The molecule has 1 unspecified atom stereocenters. The van der Waals surface area contributed by atoms with Crippen molar-refractivity contribution in [2.75, 3.05) is 0 Å². The van der Waals surface area contributed by atoms with Crippen LogP contribution < -0.4 is 0 Å². The lowest BCUT2D eigenvalue weighted by molar-refractivity contribution is 0.517. The van der Waals surface area contributed by atoms with Crippen molar-refractivity contribution in [3.63, 3.8) is 0 Å². The molecule has 0 aliphatic carbocycles. The van der Waals surface area contributed by atoms with Crippen LogP contribution in [0.3, 0.4) is 0 Å². The molecule has 1 aromatic carbocycles. The Morgan fingerprint density at radius 1 is 0.867 bits per heavy atom. The van der Waals surface area contributed by atoms with Gasteiger partial charge in [0.05, 0.1) is 0 Å². The van der Waals surface area contributed by atoms with Gasteiger partial charge in [0.1, 0.15) is 0 Å². The Hall–Kier alpha value is -0.780. The third-order valence-electron chi connectivity index (χ3n) is 2.55. The summed E-state index contributed by atoms with van der Waals surface area (Å²) in [6.45, 7) is 10.9. The minimum atomic E-state index is 0.712. The first-order valence-corrected chi connectivity index (χ1v) is 6.25. The Bertz CT molecular complexity index is 223. The lowest BCUT2D eigenvalue weighted by Crippen LogP contribution is -1.96. The third-order valence-corrected chi connectivity index (χ3v) is 2.55. The fourth-order valence-corrected chi connectivity index (χ4v) is 1.53. The van der Waals surface area contributed by atoms with E-state index < -0.39 is 0 Å². The van der Waals surface area contributed by atoms with Crippen molar-refractivity contribution < 1.29 is 0 Å². The molecule has 0 saturated heterocycles. The number of hydrogen-bond acceptors (Lipinski definition) is 0. The van der Waals surface area contributed by atoms with Gasteiger partial charge in [-0.3, -0.25) is 0 Å². The molecule has 0 bridgehead atoms. The molecule has 0 fully saturated rings. The van der Waals surface area contributed by atoms with Crippen LogP contribution in [0.1, 0.15) is 58.9 Å². The van der Waals surface area contributed by atoms with Crippen LogP contribution in [-0.4, -0.2) is 0 Å². The van der Waals surface area contributed by atoms with Gasteiger partial charge < -0.3 is 0 Å². The van der Waals surface area contributed by atoms with Gasteiger partial charge in [-0.1, -0.05) is 71.4 Å². The zero-order valence-electron chi connectivity index (χ0n) is 11.0. The summed E-state index contributed by atoms with van der Waals surface area (Å²) in [5, 5.41) is 0. The van der Waals surface area contributed by atoms with E-state index in [0.717, 1.165) is 5.92 Å². The van der Waals surface area contributed by atoms with Gasteiger partial charge in [-0.2, -0.15) is 0 Å². The minimum absolute atomic E-state index is 0.712. The molecule has 1 atom stereocenters. The van der Waals surface area contributed by atoms with Gasteiger partial charge in [0, 0.05) is 0 Å². The Morgan fingerprint density at radius 3 is 1.87 bits per heavy atom. The summed E-state index contributed by atoms with van der Waals surface area (Å²) in [5.74, 6) is 1.54. The van der Waals surface area contributed by atoms with Gasteiger partial charge >= 0.3 is 0 Å². The quantitative estimate of drug-likeness (QED) is 0.631. The van der Waals surface area contributed by atoms with Gasteiger partial charge in [-0.15, -0.1) is 0 Å². The smallest absolute Gasteiger partial charge is 0.0190 e. The van der Waals surface area contributed by atoms with E-state index in [-0.39, 0.29) is 0 Å². The van der Waals surface area contributed by atoms with E-state index in [4.69, 9.17) is 0 Å². The maximum atomic E-state index is 2.32. The molecular weight excluding hydrogens is 180 g/mol. The Morgan fingerprint density at radius 2 is 1.40 bits per heavy atom. The molecule has 0 aromatic heterocycles. The Balaban J connectivity index is 0.000000921. The second-order valence-corrected chi connectivity index (χ2v) is 4.28. The lowest BCUT2D eigenvalue weighted by Gasteiger charge is -2.12. The molecule has 1 aromatic rings. The van der Waals surface area contributed by atoms with Crippen LogP contribution in [-0.2, 0) is 0 Å². The van der Waals surface area contributed by atoms with Gasteiger partial charge in [0.25, 0.3) is 0 Å². The highest BCUT2D eigenvalue weighted by Crippen LogP contribution is 2.22. The molecule has 0 amide bonds. The molecule has 0 nitrogen and oxygen atoms in total. The SMILES string of the molecule is CC.CC(C)CCC(C)c1ccccc1. The standard InChI is InChI=1S/C13H20.C2H6/c1-11(2)9-10-12(3)13-7-5-4-6-8-13;1-2/h4-8,11-12H,9-10H2,1-3H3;1-2H3. The molecule has 0 aliphatic rings. The van der Waals surface area contributed by atoms with Crippen LogP contribution in [0.4, 0.5) is 0 Å². The predicted octanol–water partition coefficient (Wildman–Crippen LogP) is 5.25. The highest BCUT2D eigenvalue weighted by atomic mass is 14.1. The second-order valence-electron chi connectivity index (χ2n) is 4.28. The van der Waals surface area contributed by atoms with Crippen LogP contribution >= 0.6 is 0 Å². The molecule has 0 N–H and O–H groups in total. The Kier molecular flexibility index (Phi) is 8.08. The van der Waals surface area contributed by atoms with Crippen molar-refractivity contribution in [1.82, 2.24) is 0 Å². The number of benzene rings is 1. The monoisotopic (exact) mass is 206 g/mol. The van der Waals surface area contributed by atoms with Crippen molar-refractivity contribution in [3.8, 4) is 0 Å². The molecule has 0 heteroatoms. The number of rotatable bonds is 4. The molecule has 0 heterocycles. The van der Waals surface area contributed by atoms with E-state index in [1.165, 1.54) is 18.4 Å². The summed E-state index contributed by atoms with van der Waals surface area (Å²) in [6, 6.07) is 10.8. The molecule has 1 rings (SSSR count). The maximum absolute atomic E-state index is 2.32. The summed E-state index contributed by atoms with van der Waals surface area (Å²) in [6.07, 6.45) is 2.64. The largest absolute Gasteiger partial charge is 0.0683 e. The van der Waals surface area contributed by atoms with Gasteiger partial charge in [0.15, 0.2) is 0 Å². The minimum Gasteiger partial charge on any atom is -0.0683 e. The summed E-state index contributed by atoms with van der Waals surface area (Å²) >= 11 is 0. The van der Waals surface area contributed by atoms with Crippen molar-refractivity contribution in [3.05, 3.63) is 35.9 Å². The Labute approximate surface area is 95.7 Å². The fraction of sp³-hybridized carbons (Fsp3) is 0.600. The van der Waals surface area contributed by atoms with Crippen molar-refractivity contribution in [2.45, 2.75) is 53.4 Å². The molecule has 0 spiro atoms. The molecule has 0 radical (unpaired) electrons. The van der Waals surface area contributed by atoms with Crippen LogP contribution in [0.25, 0.3) is 0 Å².